The van der Waals surface area contributed by atoms with Gasteiger partial charge in [-0.3, -0.25) is 0 Å². The van der Waals surface area contributed by atoms with Crippen LogP contribution in [0.2, 0.25) is 0 Å². The Balaban J connectivity index is 2.55. The van der Waals surface area contributed by atoms with Gasteiger partial charge in [0, 0.05) is 13.1 Å². The van der Waals surface area contributed by atoms with Crippen LogP contribution >= 0.6 is 0 Å². The van der Waals surface area contributed by atoms with Gasteiger partial charge in [0.2, 0.25) is 0 Å². The summed E-state index contributed by atoms with van der Waals surface area (Å²) in [5.74, 6) is -0.975. The molecule has 0 aromatic carbocycles. The molecule has 1 fully saturated rings. The summed E-state index contributed by atoms with van der Waals surface area (Å²) >= 11 is 0. The van der Waals surface area contributed by atoms with Gasteiger partial charge >= 0.3 is 12.0 Å². The Morgan fingerprint density at radius 3 is 2.59 bits per heavy atom. The van der Waals surface area contributed by atoms with Gasteiger partial charge in [-0.25, -0.2) is 9.59 Å². The maximum absolute atomic E-state index is 11.9. The zero-order valence-electron chi connectivity index (χ0n) is 10.8. The second-order valence-corrected chi connectivity index (χ2v) is 5.44. The molecule has 0 spiro atoms. The number of carbonyl (C=O) groups is 2. The molecule has 0 aliphatic carbocycles. The number of rotatable bonds is 3. The molecule has 0 saturated carbocycles. The summed E-state index contributed by atoms with van der Waals surface area (Å²) in [6, 6.07) is -1.04. The molecule has 0 aromatic rings. The van der Waals surface area contributed by atoms with E-state index in [1.165, 1.54) is 0 Å². The van der Waals surface area contributed by atoms with Gasteiger partial charge in [0.05, 0.1) is 0 Å². The third-order valence-electron chi connectivity index (χ3n) is 3.19. The number of carboxylic acid groups (broad SMARTS) is 1. The summed E-state index contributed by atoms with van der Waals surface area (Å²) in [4.78, 5) is 24.5. The van der Waals surface area contributed by atoms with Crippen LogP contribution in [0, 0.1) is 5.41 Å². The number of urea groups is 1. The van der Waals surface area contributed by atoms with Crippen LogP contribution < -0.4 is 5.32 Å². The van der Waals surface area contributed by atoms with E-state index in [2.05, 4.69) is 19.2 Å². The van der Waals surface area contributed by atoms with Crippen LogP contribution in [0.25, 0.3) is 0 Å². The van der Waals surface area contributed by atoms with Gasteiger partial charge in [-0.2, -0.15) is 0 Å². The first-order valence-corrected chi connectivity index (χ1v) is 6.14. The molecule has 98 valence electrons. The first-order valence-electron chi connectivity index (χ1n) is 6.14. The maximum atomic E-state index is 11.9. The van der Waals surface area contributed by atoms with E-state index in [0.29, 0.717) is 19.5 Å². The Hall–Kier alpha value is -1.26. The lowest BCUT2D eigenvalue weighted by atomic mass is 9.84. The topological polar surface area (TPSA) is 69.6 Å². The minimum absolute atomic E-state index is 0.126. The Morgan fingerprint density at radius 2 is 2.12 bits per heavy atom. The third-order valence-corrected chi connectivity index (χ3v) is 3.19. The zero-order valence-corrected chi connectivity index (χ0v) is 10.8. The highest BCUT2D eigenvalue weighted by molar-refractivity contribution is 5.82. The van der Waals surface area contributed by atoms with E-state index in [9.17, 15) is 9.59 Å². The third kappa shape index (κ3) is 3.91. The molecular weight excluding hydrogens is 220 g/mol. The Labute approximate surface area is 102 Å². The summed E-state index contributed by atoms with van der Waals surface area (Å²) in [7, 11) is 0. The quantitative estimate of drug-likeness (QED) is 0.791. The molecule has 17 heavy (non-hydrogen) atoms. The van der Waals surface area contributed by atoms with E-state index < -0.39 is 12.0 Å². The fraction of sp³-hybridized carbons (Fsp3) is 0.833. The fourth-order valence-electron chi connectivity index (χ4n) is 2.18. The Bertz CT molecular complexity index is 302. The van der Waals surface area contributed by atoms with Crippen molar-refractivity contribution in [2.75, 3.05) is 13.1 Å². The van der Waals surface area contributed by atoms with E-state index >= 15 is 0 Å². The minimum atomic E-state index is -0.975. The number of carbonyl (C=O) groups excluding carboxylic acids is 1. The number of carboxylic acids is 1. The molecule has 1 unspecified atom stereocenters. The number of hydrogen-bond donors (Lipinski definition) is 2. The Morgan fingerprint density at radius 1 is 1.47 bits per heavy atom. The molecule has 1 saturated heterocycles. The second kappa shape index (κ2) is 5.38. The number of nitrogens with zero attached hydrogens (tertiary/aromatic N) is 1. The van der Waals surface area contributed by atoms with Crippen LogP contribution in [-0.4, -0.2) is 41.1 Å². The van der Waals surface area contributed by atoms with Gasteiger partial charge < -0.3 is 15.3 Å². The van der Waals surface area contributed by atoms with Crippen molar-refractivity contribution in [3.05, 3.63) is 0 Å². The van der Waals surface area contributed by atoms with Crippen LogP contribution in [0.5, 0.6) is 0 Å². The van der Waals surface area contributed by atoms with Crippen LogP contribution in [0.3, 0.4) is 0 Å². The largest absolute Gasteiger partial charge is 0.480 e. The minimum Gasteiger partial charge on any atom is -0.480 e. The normalized spacial score (nSPS) is 20.8. The van der Waals surface area contributed by atoms with Gasteiger partial charge in [-0.05, 0) is 24.7 Å². The number of piperidine rings is 1. The van der Waals surface area contributed by atoms with Gasteiger partial charge in [0.15, 0.2) is 0 Å². The molecule has 2 N–H and O–H groups in total. The molecule has 5 nitrogen and oxygen atoms in total. The number of aliphatic carboxylic acids is 1. The van der Waals surface area contributed by atoms with Crippen molar-refractivity contribution in [3.63, 3.8) is 0 Å². The van der Waals surface area contributed by atoms with Gasteiger partial charge in [0.1, 0.15) is 6.04 Å². The van der Waals surface area contributed by atoms with Crippen molar-refractivity contribution in [1.29, 1.82) is 0 Å². The molecule has 1 heterocycles. The van der Waals surface area contributed by atoms with E-state index in [0.717, 1.165) is 12.8 Å². The lowest BCUT2D eigenvalue weighted by molar-refractivity contribution is -0.139. The average molecular weight is 242 g/mol. The molecule has 1 aliphatic heterocycles. The van der Waals surface area contributed by atoms with E-state index in [1.54, 1.807) is 11.8 Å². The number of nitrogens with one attached hydrogen (secondary N) is 1. The van der Waals surface area contributed by atoms with Gasteiger partial charge in [-0.15, -0.1) is 0 Å². The van der Waals surface area contributed by atoms with Crippen molar-refractivity contribution >= 4 is 12.0 Å². The summed E-state index contributed by atoms with van der Waals surface area (Å²) in [6.07, 6.45) is 2.48. The van der Waals surface area contributed by atoms with Crippen molar-refractivity contribution in [1.82, 2.24) is 10.2 Å². The first-order chi connectivity index (χ1) is 7.85. The molecule has 5 heteroatoms. The van der Waals surface area contributed by atoms with Crippen LogP contribution in [0.1, 0.15) is 40.0 Å². The number of amides is 2. The monoisotopic (exact) mass is 242 g/mol. The average Bonchev–Trinajstić information content (AvgIpc) is 2.23. The van der Waals surface area contributed by atoms with Crippen molar-refractivity contribution in [2.45, 2.75) is 46.1 Å². The number of hydrogen-bond acceptors (Lipinski definition) is 2. The number of likely N-dealkylation sites (tertiary alicyclic amines) is 1. The molecule has 0 radical (unpaired) electrons. The Kier molecular flexibility index (Phi) is 4.37. The van der Waals surface area contributed by atoms with Crippen LogP contribution in [0.4, 0.5) is 4.79 Å². The molecule has 1 atom stereocenters. The lowest BCUT2D eigenvalue weighted by Gasteiger charge is -2.38. The predicted molar refractivity (Wildman–Crippen MR) is 64.8 cm³/mol. The van der Waals surface area contributed by atoms with Crippen LogP contribution in [0.15, 0.2) is 0 Å². The van der Waals surface area contributed by atoms with Crippen molar-refractivity contribution < 1.29 is 14.7 Å². The smallest absolute Gasteiger partial charge is 0.326 e. The van der Waals surface area contributed by atoms with E-state index in [-0.39, 0.29) is 11.4 Å². The second-order valence-electron chi connectivity index (χ2n) is 5.44. The highest BCUT2D eigenvalue weighted by atomic mass is 16.4. The molecule has 0 aromatic heterocycles. The predicted octanol–water partition coefficient (Wildman–Crippen LogP) is 1.68. The molecule has 0 bridgehead atoms. The maximum Gasteiger partial charge on any atom is 0.326 e. The highest BCUT2D eigenvalue weighted by Crippen LogP contribution is 2.28. The van der Waals surface area contributed by atoms with E-state index in [4.69, 9.17) is 5.11 Å². The lowest BCUT2D eigenvalue weighted by Crippen LogP contribution is -2.52. The molecular formula is C12H22N2O3. The van der Waals surface area contributed by atoms with Crippen LogP contribution in [-0.2, 0) is 4.79 Å². The standard InChI is InChI=1S/C12H22N2O3/c1-4-9(10(15)16)13-11(17)14-7-5-6-12(2,3)8-14/h9H,4-8H2,1-3H3,(H,13,17)(H,15,16). The SMILES string of the molecule is CCC(NC(=O)N1CCCC(C)(C)C1)C(=O)O. The van der Waals surface area contributed by atoms with E-state index in [1.807, 2.05) is 0 Å². The highest BCUT2D eigenvalue weighted by Gasteiger charge is 2.30. The molecule has 2 amide bonds. The van der Waals surface area contributed by atoms with Gasteiger partial charge in [-0.1, -0.05) is 20.8 Å². The summed E-state index contributed by atoms with van der Waals surface area (Å²) in [5, 5.41) is 11.5. The zero-order chi connectivity index (χ0) is 13.1. The fourth-order valence-corrected chi connectivity index (χ4v) is 2.18. The van der Waals surface area contributed by atoms with Crippen molar-refractivity contribution in [2.24, 2.45) is 5.41 Å². The van der Waals surface area contributed by atoms with Gasteiger partial charge in [0.25, 0.3) is 0 Å². The van der Waals surface area contributed by atoms with Crippen molar-refractivity contribution in [3.8, 4) is 0 Å². The molecule has 1 rings (SSSR count). The molecule has 1 aliphatic rings. The first kappa shape index (κ1) is 13.8. The summed E-state index contributed by atoms with van der Waals surface area (Å²) < 4.78 is 0. The summed E-state index contributed by atoms with van der Waals surface area (Å²) in [6.45, 7) is 7.40. The summed E-state index contributed by atoms with van der Waals surface area (Å²) in [5.41, 5.74) is 0.126.